The average molecular weight is 735 g/mol. The van der Waals surface area contributed by atoms with Gasteiger partial charge >= 0.3 is 0 Å². The summed E-state index contributed by atoms with van der Waals surface area (Å²) in [5.41, 5.74) is 1.64. The third kappa shape index (κ3) is 14.7. The van der Waals surface area contributed by atoms with Crippen LogP contribution < -0.4 is 9.44 Å². The molecule has 6 nitrogen and oxygen atoms in total. The Bertz CT molecular complexity index is 1270. The van der Waals surface area contributed by atoms with E-state index in [0.29, 0.717) is 12.8 Å². The molecule has 2 rings (SSSR count). The molecular weight excluding hydrogens is 692 g/mol. The van der Waals surface area contributed by atoms with Crippen molar-refractivity contribution in [3.63, 3.8) is 0 Å². The minimum absolute atomic E-state index is 0.146. The third-order valence-corrected chi connectivity index (χ3v) is 9.67. The highest BCUT2D eigenvalue weighted by Gasteiger charge is 2.25. The Morgan fingerprint density at radius 3 is 1.55 bits per heavy atom. The fourth-order valence-electron chi connectivity index (χ4n) is 2.74. The summed E-state index contributed by atoms with van der Waals surface area (Å²) in [7, 11) is -3.20. The van der Waals surface area contributed by atoms with Crippen molar-refractivity contribution in [2.24, 2.45) is 0 Å². The van der Waals surface area contributed by atoms with Gasteiger partial charge in [0.15, 0.2) is 0 Å². The second-order valence-electron chi connectivity index (χ2n) is 11.6. The Morgan fingerprint density at radius 1 is 0.825 bits per heavy atom. The van der Waals surface area contributed by atoms with Gasteiger partial charge in [0.2, 0.25) is 0 Å². The second kappa shape index (κ2) is 16.6. The zero-order valence-corrected chi connectivity index (χ0v) is 30.4. The number of hydrogen-bond acceptors (Lipinski definition) is 4. The van der Waals surface area contributed by atoms with Crippen LogP contribution in [0, 0.1) is 23.5 Å². The van der Waals surface area contributed by atoms with Gasteiger partial charge in [0.05, 0.1) is 54.9 Å². The molecule has 0 amide bonds. The molecule has 2 heterocycles. The smallest absolute Gasteiger partial charge is 0.106 e. The topological polar surface area (TPSA) is 84.0 Å². The molecule has 4 atom stereocenters. The summed E-state index contributed by atoms with van der Waals surface area (Å²) in [5, 5.41) is 3.30. The number of hydrogen-bond donors (Lipinski definition) is 2. The lowest BCUT2D eigenvalue weighted by atomic mass is 10.1. The first-order valence-electron chi connectivity index (χ1n) is 12.6. The zero-order valence-electron chi connectivity index (χ0n) is 24.8. The normalized spacial score (nSPS) is 15.2. The molecule has 0 saturated carbocycles. The van der Waals surface area contributed by atoms with Gasteiger partial charge in [-0.2, -0.15) is 10.0 Å². The summed E-state index contributed by atoms with van der Waals surface area (Å²) in [4.78, 5) is 8.83. The molecule has 0 aliphatic heterocycles. The van der Waals surface area contributed by atoms with Crippen LogP contribution in [0.3, 0.4) is 0 Å². The fraction of sp³-hybridized carbons (Fsp3) is 0.517. The van der Waals surface area contributed by atoms with E-state index in [9.17, 15) is 8.42 Å². The molecule has 0 radical (unpaired) electrons. The molecular formula is C29H42Br2N4O2S3. The molecule has 11 heteroatoms. The molecule has 0 aliphatic carbocycles. The van der Waals surface area contributed by atoms with Gasteiger partial charge < -0.3 is 0 Å². The van der Waals surface area contributed by atoms with Crippen LogP contribution in [0.15, 0.2) is 45.6 Å². The van der Waals surface area contributed by atoms with Gasteiger partial charge in [-0.25, -0.2) is 27.8 Å². The van der Waals surface area contributed by atoms with E-state index in [1.807, 2.05) is 77.9 Å². The van der Waals surface area contributed by atoms with Crippen LogP contribution in [-0.4, -0.2) is 46.6 Å². The zero-order chi connectivity index (χ0) is 30.7. The lowest BCUT2D eigenvalue weighted by Gasteiger charge is -2.23. The standard InChI is InChI=1S/C16H25BrN2OS2.C13H17BrN2OS/c1-16(2,3)21(20)19-14(10-8-12-22(4,5)6)13-9-7-11-15(17)18-13;1-5-7-11(16-18(17)13(2,3)4)10-8-6-9-12(14)15-10/h7,9,11,14,19H,10H2,1-6H3;1,6,8-9,11,16H,7H2,2-4H3/t14-,21-;11-,18-/m00/s1. The summed E-state index contributed by atoms with van der Waals surface area (Å²) in [6, 6.07) is 11.0. The molecule has 0 aromatic carbocycles. The molecule has 0 saturated heterocycles. The maximum absolute atomic E-state index is 12.4. The summed E-state index contributed by atoms with van der Waals surface area (Å²) in [6.45, 7) is 11.6. The van der Waals surface area contributed by atoms with Crippen LogP contribution in [0.2, 0.25) is 0 Å². The number of halogens is 2. The van der Waals surface area contributed by atoms with Crippen molar-refractivity contribution in [3.8, 4) is 23.5 Å². The van der Waals surface area contributed by atoms with E-state index in [2.05, 4.69) is 87.1 Å². The summed E-state index contributed by atoms with van der Waals surface area (Å²) in [5.74, 6) is 5.83. The SMILES string of the molecule is C#CC[C@H](N[S@@](=O)C(C)(C)C)c1cccc(Br)n1.CC(C)(C)[S@](=O)N[C@@H](CC#CS(C)(C)C)c1cccc(Br)n1. The van der Waals surface area contributed by atoms with Gasteiger partial charge in [-0.3, -0.25) is 0 Å². The highest BCUT2D eigenvalue weighted by Crippen LogP contribution is 2.32. The van der Waals surface area contributed by atoms with E-state index >= 15 is 0 Å². The largest absolute Gasteiger partial charge is 0.244 e. The molecule has 0 spiro atoms. The lowest BCUT2D eigenvalue weighted by Crippen LogP contribution is -2.36. The van der Waals surface area contributed by atoms with Gasteiger partial charge in [0.25, 0.3) is 0 Å². The minimum Gasteiger partial charge on any atom is -0.244 e. The molecule has 2 aromatic rings. The van der Waals surface area contributed by atoms with Gasteiger partial charge in [-0.1, -0.05) is 23.3 Å². The lowest BCUT2D eigenvalue weighted by molar-refractivity contribution is 0.597. The molecule has 2 N–H and O–H groups in total. The van der Waals surface area contributed by atoms with Gasteiger partial charge in [-0.05, 0) is 116 Å². The van der Waals surface area contributed by atoms with Crippen molar-refractivity contribution in [1.29, 1.82) is 0 Å². The second-order valence-corrected chi connectivity index (χ2v) is 21.1. The van der Waals surface area contributed by atoms with E-state index < -0.39 is 32.0 Å². The van der Waals surface area contributed by atoms with Crippen molar-refractivity contribution in [3.05, 3.63) is 57.0 Å². The van der Waals surface area contributed by atoms with E-state index in [1.54, 1.807) is 0 Å². The Labute approximate surface area is 265 Å². The highest BCUT2D eigenvalue weighted by atomic mass is 79.9. The Kier molecular flexibility index (Phi) is 15.3. The van der Waals surface area contributed by atoms with Crippen LogP contribution in [0.5, 0.6) is 0 Å². The van der Waals surface area contributed by atoms with Crippen LogP contribution in [0.1, 0.15) is 77.9 Å². The van der Waals surface area contributed by atoms with Crippen molar-refractivity contribution in [1.82, 2.24) is 19.4 Å². The summed E-state index contributed by atoms with van der Waals surface area (Å²) < 4.78 is 31.6. The molecule has 0 unspecified atom stereocenters. The first kappa shape index (κ1) is 37.0. The predicted molar refractivity (Wildman–Crippen MR) is 183 cm³/mol. The maximum atomic E-state index is 12.4. The van der Waals surface area contributed by atoms with Gasteiger partial charge in [0, 0.05) is 12.8 Å². The first-order chi connectivity index (χ1) is 18.3. The number of pyridine rings is 2. The average Bonchev–Trinajstić information content (AvgIpc) is 2.81. The molecule has 2 aromatic heterocycles. The molecule has 0 aliphatic rings. The summed E-state index contributed by atoms with van der Waals surface area (Å²) >= 11 is 6.71. The monoisotopic (exact) mass is 732 g/mol. The summed E-state index contributed by atoms with van der Waals surface area (Å²) in [6.07, 6.45) is 12.9. The van der Waals surface area contributed by atoms with E-state index in [-0.39, 0.29) is 21.6 Å². The number of nitrogens with zero attached hydrogens (tertiary/aromatic N) is 2. The van der Waals surface area contributed by atoms with E-state index in [4.69, 9.17) is 6.42 Å². The Balaban J connectivity index is 0.000000408. The van der Waals surface area contributed by atoms with Crippen molar-refractivity contribution < 1.29 is 8.42 Å². The van der Waals surface area contributed by atoms with Crippen LogP contribution in [-0.2, 0) is 22.0 Å². The van der Waals surface area contributed by atoms with Crippen LogP contribution >= 0.6 is 41.9 Å². The number of rotatable bonds is 8. The molecule has 0 bridgehead atoms. The molecule has 222 valence electrons. The van der Waals surface area contributed by atoms with Crippen molar-refractivity contribution in [2.45, 2.75) is 76.0 Å². The predicted octanol–water partition coefficient (Wildman–Crippen LogP) is 6.94. The Hall–Kier alpha value is -1.05. The van der Waals surface area contributed by atoms with E-state index in [1.165, 1.54) is 0 Å². The van der Waals surface area contributed by atoms with Crippen molar-refractivity contribution in [2.75, 3.05) is 18.8 Å². The van der Waals surface area contributed by atoms with Crippen LogP contribution in [0.4, 0.5) is 0 Å². The third-order valence-electron chi connectivity index (χ3n) is 4.80. The fourth-order valence-corrected chi connectivity index (χ4v) is 5.60. The van der Waals surface area contributed by atoms with E-state index in [0.717, 1.165) is 20.6 Å². The quantitative estimate of drug-likeness (QED) is 0.228. The minimum atomic E-state index is -1.18. The van der Waals surface area contributed by atoms with Gasteiger partial charge in [-0.15, -0.1) is 12.3 Å². The maximum Gasteiger partial charge on any atom is 0.106 e. The van der Waals surface area contributed by atoms with Crippen molar-refractivity contribution >= 4 is 63.9 Å². The first-order valence-corrected chi connectivity index (χ1v) is 19.3. The van der Waals surface area contributed by atoms with Gasteiger partial charge in [0.1, 0.15) is 9.21 Å². The number of aromatic nitrogens is 2. The van der Waals surface area contributed by atoms with Crippen LogP contribution in [0.25, 0.3) is 0 Å². The highest BCUT2D eigenvalue weighted by molar-refractivity contribution is 9.10. The molecule has 0 fully saturated rings. The number of nitrogens with one attached hydrogen (secondary N) is 2. The number of terminal acetylenes is 1. The molecule has 40 heavy (non-hydrogen) atoms. The Morgan fingerprint density at radius 2 is 1.23 bits per heavy atom.